The number of anilines is 3. The fourth-order valence-corrected chi connectivity index (χ4v) is 3.96. The van der Waals surface area contributed by atoms with Crippen LogP contribution in [0.5, 0.6) is 0 Å². The molecule has 0 aliphatic heterocycles. The Labute approximate surface area is 191 Å². The number of hydrogen-bond acceptors (Lipinski definition) is 4. The van der Waals surface area contributed by atoms with Crippen LogP contribution in [0.25, 0.3) is 22.0 Å². The molecule has 1 aromatic heterocycles. The summed E-state index contributed by atoms with van der Waals surface area (Å²) in [6.07, 6.45) is -2.72. The van der Waals surface area contributed by atoms with Crippen molar-refractivity contribution in [1.29, 1.82) is 0 Å². The molecule has 8 heteroatoms. The molecule has 0 atom stereocenters. The number of alkyl halides is 3. The predicted molar refractivity (Wildman–Crippen MR) is 127 cm³/mol. The zero-order chi connectivity index (χ0) is 23.9. The highest BCUT2D eigenvalue weighted by molar-refractivity contribution is 5.95. The van der Waals surface area contributed by atoms with E-state index in [4.69, 9.17) is 0 Å². The lowest BCUT2D eigenvalue weighted by Gasteiger charge is -2.15. The average molecular weight is 461 g/mol. The van der Waals surface area contributed by atoms with Crippen molar-refractivity contribution in [3.63, 3.8) is 0 Å². The van der Waals surface area contributed by atoms with E-state index in [0.29, 0.717) is 11.3 Å². The van der Waals surface area contributed by atoms with Crippen LogP contribution in [0.3, 0.4) is 0 Å². The van der Waals surface area contributed by atoms with Gasteiger partial charge in [0.25, 0.3) is 10.9 Å². The van der Waals surface area contributed by atoms with E-state index in [-0.39, 0.29) is 23.5 Å². The molecule has 0 saturated carbocycles. The minimum Gasteiger partial charge on any atom is -0.376 e. The van der Waals surface area contributed by atoms with Gasteiger partial charge in [-0.2, -0.15) is 13.2 Å². The molecule has 1 heterocycles. The second-order valence-corrected chi connectivity index (χ2v) is 7.88. The molecule has 0 spiro atoms. The van der Waals surface area contributed by atoms with Crippen LogP contribution in [0.4, 0.5) is 30.2 Å². The number of rotatable bonds is 6. The van der Waals surface area contributed by atoms with Gasteiger partial charge < -0.3 is 15.6 Å². The van der Waals surface area contributed by atoms with Gasteiger partial charge in [-0.25, -0.2) is 0 Å². The largest absolute Gasteiger partial charge is 0.417 e. The van der Waals surface area contributed by atoms with Gasteiger partial charge in [0.1, 0.15) is 11.4 Å². The zero-order valence-electron chi connectivity index (χ0n) is 17.7. The first kappa shape index (κ1) is 21.5. The Kier molecular flexibility index (Phi) is 5.20. The third-order valence-electron chi connectivity index (χ3n) is 5.73. The normalized spacial score (nSPS) is 11.7. The fraction of sp³-hybridized carbons (Fsp3) is 0.0769. The van der Waals surface area contributed by atoms with Gasteiger partial charge in [0.2, 0.25) is 0 Å². The first-order valence-electron chi connectivity index (χ1n) is 10.5. The quantitative estimate of drug-likeness (QED) is 0.279. The van der Waals surface area contributed by atoms with E-state index in [9.17, 15) is 22.8 Å². The summed E-state index contributed by atoms with van der Waals surface area (Å²) < 4.78 is 39.9. The van der Waals surface area contributed by atoms with E-state index in [2.05, 4.69) is 15.6 Å². The van der Waals surface area contributed by atoms with Crippen LogP contribution in [-0.4, -0.2) is 4.98 Å². The lowest BCUT2D eigenvalue weighted by Crippen LogP contribution is -2.36. The summed E-state index contributed by atoms with van der Waals surface area (Å²) in [6.45, 7) is 0.231. The van der Waals surface area contributed by atoms with Gasteiger partial charge in [0.05, 0.1) is 11.3 Å². The standard InChI is InChI=1S/C26H18F3N3O2/c27-26(28,29)19-7-3-1-5-17(19)16-11-9-15(10-12-16)13-31-22-23(25(34)24(22)33)32-21-14-30-20-8-4-2-6-18(20)21/h1-12,14,30-32H,13H2. The van der Waals surface area contributed by atoms with Crippen molar-refractivity contribution in [3.05, 3.63) is 111 Å². The highest BCUT2D eigenvalue weighted by Gasteiger charge is 2.33. The summed E-state index contributed by atoms with van der Waals surface area (Å²) in [7, 11) is 0. The van der Waals surface area contributed by atoms with Crippen molar-refractivity contribution in [2.45, 2.75) is 12.7 Å². The van der Waals surface area contributed by atoms with Gasteiger partial charge in [0, 0.05) is 23.6 Å². The fourth-order valence-electron chi connectivity index (χ4n) is 3.96. The summed E-state index contributed by atoms with van der Waals surface area (Å²) in [5.74, 6) is 0. The molecule has 0 radical (unpaired) electrons. The van der Waals surface area contributed by atoms with Crippen LogP contribution in [-0.2, 0) is 12.7 Å². The van der Waals surface area contributed by atoms with Crippen LogP contribution in [0.1, 0.15) is 11.1 Å². The Hall–Kier alpha value is -4.33. The van der Waals surface area contributed by atoms with Gasteiger partial charge in [-0.15, -0.1) is 0 Å². The summed E-state index contributed by atoms with van der Waals surface area (Å²) in [5, 5.41) is 6.89. The summed E-state index contributed by atoms with van der Waals surface area (Å²) in [4.78, 5) is 27.4. The number of hydrogen-bond donors (Lipinski definition) is 3. The summed E-state index contributed by atoms with van der Waals surface area (Å²) in [6, 6.07) is 19.6. The van der Waals surface area contributed by atoms with Gasteiger partial charge in [-0.3, -0.25) is 9.59 Å². The van der Waals surface area contributed by atoms with Gasteiger partial charge in [0.15, 0.2) is 0 Å². The molecule has 0 aliphatic rings. The van der Waals surface area contributed by atoms with E-state index < -0.39 is 22.6 Å². The molecular formula is C26H18F3N3O2. The Morgan fingerprint density at radius 3 is 2.24 bits per heavy atom. The second kappa shape index (κ2) is 8.22. The van der Waals surface area contributed by atoms with Gasteiger partial charge in [-0.05, 0) is 28.8 Å². The third kappa shape index (κ3) is 3.83. The van der Waals surface area contributed by atoms with Crippen molar-refractivity contribution in [1.82, 2.24) is 4.98 Å². The van der Waals surface area contributed by atoms with Crippen molar-refractivity contribution in [3.8, 4) is 11.1 Å². The Morgan fingerprint density at radius 2 is 1.47 bits per heavy atom. The van der Waals surface area contributed by atoms with Crippen molar-refractivity contribution >= 4 is 28.0 Å². The Balaban J connectivity index is 1.33. The van der Waals surface area contributed by atoms with E-state index in [1.165, 1.54) is 12.1 Å². The van der Waals surface area contributed by atoms with Gasteiger partial charge >= 0.3 is 6.18 Å². The van der Waals surface area contributed by atoms with Crippen molar-refractivity contribution < 1.29 is 13.2 Å². The van der Waals surface area contributed by atoms with Crippen molar-refractivity contribution in [2.24, 2.45) is 0 Å². The molecule has 170 valence electrons. The molecule has 0 bridgehead atoms. The van der Waals surface area contributed by atoms with Crippen LogP contribution in [0.2, 0.25) is 0 Å². The van der Waals surface area contributed by atoms with Crippen LogP contribution in [0, 0.1) is 0 Å². The monoisotopic (exact) mass is 461 g/mol. The molecule has 34 heavy (non-hydrogen) atoms. The molecule has 0 unspecified atom stereocenters. The molecular weight excluding hydrogens is 443 g/mol. The molecule has 0 saturated heterocycles. The number of H-pyrrole nitrogens is 1. The average Bonchev–Trinajstić information content (AvgIpc) is 3.26. The summed E-state index contributed by atoms with van der Waals surface area (Å²) in [5.41, 5.74) is 1.31. The molecule has 0 fully saturated rings. The smallest absolute Gasteiger partial charge is 0.376 e. The molecule has 5 nitrogen and oxygen atoms in total. The number of nitrogens with one attached hydrogen (secondary N) is 3. The summed E-state index contributed by atoms with van der Waals surface area (Å²) >= 11 is 0. The number of halogens is 3. The first-order valence-corrected chi connectivity index (χ1v) is 10.5. The topological polar surface area (TPSA) is 74.0 Å². The van der Waals surface area contributed by atoms with E-state index in [1.807, 2.05) is 24.3 Å². The highest BCUT2D eigenvalue weighted by atomic mass is 19.4. The van der Waals surface area contributed by atoms with Crippen LogP contribution < -0.4 is 21.5 Å². The molecule has 5 aromatic rings. The highest BCUT2D eigenvalue weighted by Crippen LogP contribution is 2.37. The molecule has 4 aromatic carbocycles. The SMILES string of the molecule is O=c1c(NCc2ccc(-c3ccccc3C(F)(F)F)cc2)c(Nc2c[nH]c3ccccc23)c1=O. The van der Waals surface area contributed by atoms with E-state index >= 15 is 0 Å². The third-order valence-corrected chi connectivity index (χ3v) is 5.73. The Bertz CT molecular complexity index is 1560. The zero-order valence-corrected chi connectivity index (χ0v) is 17.7. The molecule has 3 N–H and O–H groups in total. The minimum absolute atomic E-state index is 0.0993. The lowest BCUT2D eigenvalue weighted by molar-refractivity contribution is -0.137. The maximum atomic E-state index is 13.3. The van der Waals surface area contributed by atoms with E-state index in [0.717, 1.165) is 22.5 Å². The molecule has 0 amide bonds. The predicted octanol–water partition coefficient (Wildman–Crippen LogP) is 5.81. The van der Waals surface area contributed by atoms with Crippen LogP contribution >= 0.6 is 0 Å². The van der Waals surface area contributed by atoms with Crippen LogP contribution in [0.15, 0.2) is 88.6 Å². The van der Waals surface area contributed by atoms with E-state index in [1.54, 1.807) is 36.5 Å². The lowest BCUT2D eigenvalue weighted by atomic mass is 9.98. The maximum Gasteiger partial charge on any atom is 0.417 e. The van der Waals surface area contributed by atoms with Crippen molar-refractivity contribution in [2.75, 3.05) is 10.6 Å². The first-order chi connectivity index (χ1) is 16.3. The molecule has 5 rings (SSSR count). The second-order valence-electron chi connectivity index (χ2n) is 7.88. The number of aromatic amines is 1. The van der Waals surface area contributed by atoms with Gasteiger partial charge in [-0.1, -0.05) is 60.7 Å². The number of para-hydroxylation sites is 1. The minimum atomic E-state index is -4.45. The molecule has 0 aliphatic carbocycles. The Morgan fingerprint density at radius 1 is 0.794 bits per heavy atom. The number of aromatic nitrogens is 1. The number of fused-ring (bicyclic) bond motifs is 1. The number of benzene rings is 3. The maximum absolute atomic E-state index is 13.3.